The van der Waals surface area contributed by atoms with E-state index in [4.69, 9.17) is 46.4 Å². The van der Waals surface area contributed by atoms with Crippen molar-refractivity contribution in [2.24, 2.45) is 0 Å². The molecule has 2 heterocycles. The number of halogens is 4. The number of hydrogen-bond donors (Lipinski definition) is 1. The van der Waals surface area contributed by atoms with Crippen LogP contribution in [0.15, 0.2) is 18.6 Å². The first-order chi connectivity index (χ1) is 8.99. The number of amides is 1. The Morgan fingerprint density at radius 1 is 1.05 bits per heavy atom. The molecule has 0 aromatic carbocycles. The molecule has 0 spiro atoms. The normalized spacial score (nSPS) is 10.3. The lowest BCUT2D eigenvalue weighted by Gasteiger charge is -2.08. The number of carbonyl (C=O) groups is 1. The van der Waals surface area contributed by atoms with E-state index in [1.54, 1.807) is 0 Å². The fourth-order valence-corrected chi connectivity index (χ4v) is 1.97. The smallest absolute Gasteiger partial charge is 0.257 e. The Labute approximate surface area is 127 Å². The molecule has 0 saturated heterocycles. The van der Waals surface area contributed by atoms with Crippen molar-refractivity contribution in [2.75, 3.05) is 5.32 Å². The quantitative estimate of drug-likeness (QED) is 0.669. The molecule has 0 bridgehead atoms. The van der Waals surface area contributed by atoms with Gasteiger partial charge in [-0.15, -0.1) is 0 Å². The molecule has 0 unspecified atom stereocenters. The van der Waals surface area contributed by atoms with Crippen LogP contribution < -0.4 is 5.32 Å². The van der Waals surface area contributed by atoms with Crippen LogP contribution in [-0.2, 0) is 0 Å². The van der Waals surface area contributed by atoms with Crippen LogP contribution in [0.3, 0.4) is 0 Å². The van der Waals surface area contributed by atoms with E-state index in [1.165, 1.54) is 18.6 Å². The van der Waals surface area contributed by atoms with Crippen LogP contribution in [0.25, 0.3) is 0 Å². The second kappa shape index (κ2) is 5.88. The molecule has 0 aliphatic carbocycles. The summed E-state index contributed by atoms with van der Waals surface area (Å²) in [6, 6.07) is 1.32. The van der Waals surface area contributed by atoms with Gasteiger partial charge in [-0.2, -0.15) is 0 Å². The minimum atomic E-state index is -0.548. The molecule has 0 saturated carbocycles. The van der Waals surface area contributed by atoms with E-state index in [0.29, 0.717) is 0 Å². The summed E-state index contributed by atoms with van der Waals surface area (Å²) in [5, 5.41) is 2.78. The largest absolute Gasteiger partial charge is 0.317 e. The minimum Gasteiger partial charge on any atom is -0.317 e. The topological polar surface area (TPSA) is 67.8 Å². The molecule has 9 heteroatoms. The van der Waals surface area contributed by atoms with Gasteiger partial charge in [0.25, 0.3) is 5.91 Å². The molecular formula is C10H4Cl4N4O. The summed E-state index contributed by atoms with van der Waals surface area (Å²) in [7, 11) is 0. The number of anilines is 1. The maximum atomic E-state index is 12.0. The van der Waals surface area contributed by atoms with E-state index in [2.05, 4.69) is 20.3 Å². The molecule has 1 amide bonds. The Bertz CT molecular complexity index is 629. The lowest BCUT2D eigenvalue weighted by Crippen LogP contribution is -2.14. The standard InChI is InChI=1S/C10H4Cl4N4O/c11-5-2-15-6(12)1-4(5)10(19)18-7-8(13)16-3-17-9(7)14/h1-3H,(H,18,19). The fraction of sp³-hybridized carbons (Fsp3) is 0. The molecule has 0 aliphatic heterocycles. The van der Waals surface area contributed by atoms with Gasteiger partial charge in [0.15, 0.2) is 10.3 Å². The number of nitrogens with zero attached hydrogens (tertiary/aromatic N) is 3. The number of rotatable bonds is 2. The van der Waals surface area contributed by atoms with E-state index in [9.17, 15) is 4.79 Å². The highest BCUT2D eigenvalue weighted by Crippen LogP contribution is 2.27. The van der Waals surface area contributed by atoms with Crippen molar-refractivity contribution in [1.29, 1.82) is 0 Å². The maximum absolute atomic E-state index is 12.0. The molecule has 2 aromatic rings. The molecule has 1 N–H and O–H groups in total. The zero-order valence-electron chi connectivity index (χ0n) is 8.99. The Morgan fingerprint density at radius 2 is 1.68 bits per heavy atom. The average Bonchev–Trinajstić information content (AvgIpc) is 2.37. The molecule has 5 nitrogen and oxygen atoms in total. The van der Waals surface area contributed by atoms with Gasteiger partial charge >= 0.3 is 0 Å². The summed E-state index contributed by atoms with van der Waals surface area (Å²) >= 11 is 23.2. The molecule has 0 atom stereocenters. The van der Waals surface area contributed by atoms with E-state index in [0.717, 1.165) is 0 Å². The Morgan fingerprint density at radius 3 is 2.32 bits per heavy atom. The van der Waals surface area contributed by atoms with Gasteiger partial charge in [-0.25, -0.2) is 15.0 Å². The number of nitrogens with one attached hydrogen (secondary N) is 1. The summed E-state index contributed by atoms with van der Waals surface area (Å²) in [5.74, 6) is -0.548. The van der Waals surface area contributed by atoms with Crippen molar-refractivity contribution in [3.63, 3.8) is 0 Å². The van der Waals surface area contributed by atoms with Crippen molar-refractivity contribution >= 4 is 58.0 Å². The predicted octanol–water partition coefficient (Wildman–Crippen LogP) is 3.74. The van der Waals surface area contributed by atoms with Gasteiger partial charge in [0.05, 0.1) is 10.6 Å². The van der Waals surface area contributed by atoms with Gasteiger partial charge in [-0.05, 0) is 6.07 Å². The summed E-state index contributed by atoms with van der Waals surface area (Å²) in [6.45, 7) is 0. The average molecular weight is 338 g/mol. The second-order valence-corrected chi connectivity index (χ2v) is 4.78. The van der Waals surface area contributed by atoms with Crippen molar-refractivity contribution in [3.05, 3.63) is 44.6 Å². The Balaban J connectivity index is 2.34. The van der Waals surface area contributed by atoms with E-state index in [-0.39, 0.29) is 31.7 Å². The van der Waals surface area contributed by atoms with Crippen LogP contribution in [0.1, 0.15) is 10.4 Å². The second-order valence-electron chi connectivity index (χ2n) is 3.27. The molecule has 0 radical (unpaired) electrons. The van der Waals surface area contributed by atoms with Crippen molar-refractivity contribution < 1.29 is 4.79 Å². The lowest BCUT2D eigenvalue weighted by atomic mass is 10.2. The van der Waals surface area contributed by atoms with Crippen LogP contribution in [0.4, 0.5) is 5.69 Å². The third-order valence-corrected chi connectivity index (χ3v) is 3.14. The molecule has 2 rings (SSSR count). The molecule has 0 fully saturated rings. The van der Waals surface area contributed by atoms with Crippen LogP contribution in [-0.4, -0.2) is 20.9 Å². The van der Waals surface area contributed by atoms with Crippen molar-refractivity contribution in [3.8, 4) is 0 Å². The molecule has 2 aromatic heterocycles. The molecule has 19 heavy (non-hydrogen) atoms. The van der Waals surface area contributed by atoms with E-state index >= 15 is 0 Å². The van der Waals surface area contributed by atoms with E-state index < -0.39 is 5.91 Å². The van der Waals surface area contributed by atoms with Crippen LogP contribution in [0, 0.1) is 0 Å². The van der Waals surface area contributed by atoms with E-state index in [1.807, 2.05) is 0 Å². The zero-order chi connectivity index (χ0) is 14.0. The van der Waals surface area contributed by atoms with Crippen molar-refractivity contribution in [1.82, 2.24) is 15.0 Å². The predicted molar refractivity (Wildman–Crippen MR) is 74.3 cm³/mol. The highest BCUT2D eigenvalue weighted by Gasteiger charge is 2.16. The van der Waals surface area contributed by atoms with Gasteiger partial charge in [-0.1, -0.05) is 46.4 Å². The maximum Gasteiger partial charge on any atom is 0.257 e. The molecule has 0 aliphatic rings. The first kappa shape index (κ1) is 14.3. The van der Waals surface area contributed by atoms with Gasteiger partial charge in [0.1, 0.15) is 17.2 Å². The van der Waals surface area contributed by atoms with Crippen LogP contribution >= 0.6 is 46.4 Å². The highest BCUT2D eigenvalue weighted by atomic mass is 35.5. The SMILES string of the molecule is O=C(Nc1c(Cl)ncnc1Cl)c1cc(Cl)ncc1Cl. The van der Waals surface area contributed by atoms with Gasteiger partial charge < -0.3 is 5.32 Å². The fourth-order valence-electron chi connectivity index (χ4n) is 1.22. The summed E-state index contributed by atoms with van der Waals surface area (Å²) in [5.41, 5.74) is 0.234. The number of carbonyl (C=O) groups excluding carboxylic acids is 1. The van der Waals surface area contributed by atoms with Crippen molar-refractivity contribution in [2.45, 2.75) is 0 Å². The first-order valence-corrected chi connectivity index (χ1v) is 6.28. The zero-order valence-corrected chi connectivity index (χ0v) is 12.0. The van der Waals surface area contributed by atoms with Gasteiger partial charge in [0, 0.05) is 6.20 Å². The highest BCUT2D eigenvalue weighted by molar-refractivity contribution is 6.39. The summed E-state index contributed by atoms with van der Waals surface area (Å²) in [4.78, 5) is 23.2. The first-order valence-electron chi connectivity index (χ1n) is 4.77. The Kier molecular flexibility index (Phi) is 4.42. The summed E-state index contributed by atoms with van der Waals surface area (Å²) in [6.07, 6.45) is 2.44. The number of aromatic nitrogens is 3. The van der Waals surface area contributed by atoms with Gasteiger partial charge in [-0.3, -0.25) is 4.79 Å². The summed E-state index contributed by atoms with van der Waals surface area (Å²) < 4.78 is 0. The number of hydrogen-bond acceptors (Lipinski definition) is 4. The van der Waals surface area contributed by atoms with Gasteiger partial charge in [0.2, 0.25) is 0 Å². The monoisotopic (exact) mass is 336 g/mol. The van der Waals surface area contributed by atoms with Crippen LogP contribution in [0.2, 0.25) is 20.5 Å². The molecular weight excluding hydrogens is 334 g/mol. The minimum absolute atomic E-state index is 0.0182. The third-order valence-electron chi connectivity index (χ3n) is 2.06. The lowest BCUT2D eigenvalue weighted by molar-refractivity contribution is 0.102. The molecule has 98 valence electrons. The third kappa shape index (κ3) is 3.25. The number of pyridine rings is 1. The van der Waals surface area contributed by atoms with Crippen LogP contribution in [0.5, 0.6) is 0 Å². The Hall–Kier alpha value is -1.14.